The summed E-state index contributed by atoms with van der Waals surface area (Å²) in [6, 6.07) is 10.7. The smallest absolute Gasteiger partial charge is 0.255 e. The quantitative estimate of drug-likeness (QED) is 0.824. The monoisotopic (exact) mass is 348 g/mol. The molecule has 0 aromatic heterocycles. The van der Waals surface area contributed by atoms with Crippen LogP contribution in [0.1, 0.15) is 22.8 Å². The number of halogens is 1. The third-order valence-corrected chi connectivity index (χ3v) is 3.44. The number of aryl methyl sites for hydroxylation is 1. The van der Waals surface area contributed by atoms with E-state index >= 15 is 0 Å². The van der Waals surface area contributed by atoms with Crippen molar-refractivity contribution in [2.75, 3.05) is 12.3 Å². The van der Waals surface area contributed by atoms with E-state index in [1.807, 2.05) is 32.0 Å². The molecule has 0 radical (unpaired) electrons. The van der Waals surface area contributed by atoms with Gasteiger partial charge in [-0.3, -0.25) is 4.79 Å². The topological polar surface area (TPSA) is 64.4 Å². The first-order chi connectivity index (χ1) is 10.0. The molecule has 1 amide bonds. The number of hydrogen-bond donors (Lipinski definition) is 2. The molecule has 0 spiro atoms. The minimum absolute atomic E-state index is 0.178. The van der Waals surface area contributed by atoms with Gasteiger partial charge < -0.3 is 15.8 Å². The second kappa shape index (κ2) is 6.63. The van der Waals surface area contributed by atoms with E-state index in [0.717, 1.165) is 10.0 Å². The molecule has 110 valence electrons. The van der Waals surface area contributed by atoms with Crippen LogP contribution in [0.3, 0.4) is 0 Å². The van der Waals surface area contributed by atoms with Gasteiger partial charge in [-0.1, -0.05) is 15.9 Å². The number of ether oxygens (including phenoxy) is 1. The van der Waals surface area contributed by atoms with Crippen LogP contribution in [0.2, 0.25) is 0 Å². The van der Waals surface area contributed by atoms with Gasteiger partial charge in [-0.05, 0) is 49.7 Å². The Labute approximate surface area is 132 Å². The number of nitrogen functional groups attached to an aromatic ring is 1. The molecule has 0 fully saturated rings. The molecular weight excluding hydrogens is 332 g/mol. The molecule has 21 heavy (non-hydrogen) atoms. The molecule has 0 saturated carbocycles. The maximum atomic E-state index is 12.1. The van der Waals surface area contributed by atoms with Crippen molar-refractivity contribution in [3.05, 3.63) is 52.0 Å². The van der Waals surface area contributed by atoms with Gasteiger partial charge in [0.15, 0.2) is 0 Å². The van der Waals surface area contributed by atoms with Crippen molar-refractivity contribution >= 4 is 27.5 Å². The molecule has 0 bridgehead atoms. The lowest BCUT2D eigenvalue weighted by Crippen LogP contribution is -2.23. The van der Waals surface area contributed by atoms with Crippen LogP contribution < -0.4 is 15.8 Å². The van der Waals surface area contributed by atoms with Crippen LogP contribution in [0.5, 0.6) is 11.5 Å². The van der Waals surface area contributed by atoms with Gasteiger partial charge in [-0.15, -0.1) is 0 Å². The summed E-state index contributed by atoms with van der Waals surface area (Å²) in [5, 5.41) is 2.76. The predicted octanol–water partition coefficient (Wildman–Crippen LogP) is 3.88. The third-order valence-electron chi connectivity index (χ3n) is 2.94. The third kappa shape index (κ3) is 3.76. The van der Waals surface area contributed by atoms with Crippen LogP contribution in [-0.2, 0) is 0 Å². The maximum Gasteiger partial charge on any atom is 0.255 e. The average Bonchev–Trinajstić information content (AvgIpc) is 2.42. The van der Waals surface area contributed by atoms with E-state index in [9.17, 15) is 4.79 Å². The highest BCUT2D eigenvalue weighted by molar-refractivity contribution is 9.10. The number of anilines is 1. The Morgan fingerprint density at radius 2 is 2.00 bits per heavy atom. The molecule has 0 atom stereocenters. The van der Waals surface area contributed by atoms with Crippen LogP contribution in [0.4, 0.5) is 5.69 Å². The van der Waals surface area contributed by atoms with E-state index in [-0.39, 0.29) is 5.91 Å². The van der Waals surface area contributed by atoms with Gasteiger partial charge >= 0.3 is 0 Å². The number of benzene rings is 2. The van der Waals surface area contributed by atoms with Gasteiger partial charge in [-0.2, -0.15) is 0 Å². The molecule has 0 aliphatic heterocycles. The van der Waals surface area contributed by atoms with Crippen molar-refractivity contribution in [1.29, 1.82) is 0 Å². The second-order valence-corrected chi connectivity index (χ2v) is 5.54. The van der Waals surface area contributed by atoms with Crippen molar-refractivity contribution in [2.24, 2.45) is 0 Å². The molecule has 0 heterocycles. The minimum atomic E-state index is -0.178. The van der Waals surface area contributed by atoms with Crippen LogP contribution in [0.25, 0.3) is 0 Å². The first-order valence-electron chi connectivity index (χ1n) is 6.63. The van der Waals surface area contributed by atoms with Crippen molar-refractivity contribution in [3.63, 3.8) is 0 Å². The lowest BCUT2D eigenvalue weighted by molar-refractivity contribution is 0.0953. The lowest BCUT2D eigenvalue weighted by Gasteiger charge is -2.13. The molecular formula is C16H17BrN2O2. The number of carbonyl (C=O) groups is 1. The van der Waals surface area contributed by atoms with Crippen LogP contribution in [0, 0.1) is 6.92 Å². The molecule has 0 aliphatic carbocycles. The molecule has 5 heteroatoms. The summed E-state index contributed by atoms with van der Waals surface area (Å²) >= 11 is 3.41. The predicted molar refractivity (Wildman–Crippen MR) is 87.8 cm³/mol. The second-order valence-electron chi connectivity index (χ2n) is 4.63. The fraction of sp³-hybridized carbons (Fsp3) is 0.188. The summed E-state index contributed by atoms with van der Waals surface area (Å²) in [6.45, 7) is 4.37. The summed E-state index contributed by atoms with van der Waals surface area (Å²) in [5.41, 5.74) is 7.78. The Kier molecular flexibility index (Phi) is 4.85. The number of nitrogens with two attached hydrogens (primary N) is 1. The van der Waals surface area contributed by atoms with Crippen LogP contribution in [0.15, 0.2) is 40.9 Å². The Bertz CT molecular complexity index is 671. The van der Waals surface area contributed by atoms with E-state index in [0.29, 0.717) is 29.3 Å². The van der Waals surface area contributed by atoms with Gasteiger partial charge in [0.2, 0.25) is 0 Å². The highest BCUT2D eigenvalue weighted by Gasteiger charge is 2.14. The van der Waals surface area contributed by atoms with Gasteiger partial charge in [0.1, 0.15) is 11.5 Å². The Morgan fingerprint density at radius 3 is 2.67 bits per heavy atom. The zero-order chi connectivity index (χ0) is 15.4. The molecule has 0 unspecified atom stereocenters. The molecule has 2 aromatic carbocycles. The molecule has 4 nitrogen and oxygen atoms in total. The standard InChI is InChI=1S/C16H17BrN2O2/c1-3-19-16(20)13-6-5-12(18)9-15(13)21-14-7-4-11(17)8-10(14)2/h4-9H,3,18H2,1-2H3,(H,19,20). The highest BCUT2D eigenvalue weighted by atomic mass is 79.9. The normalized spacial score (nSPS) is 10.2. The zero-order valence-corrected chi connectivity index (χ0v) is 13.5. The van der Waals surface area contributed by atoms with Gasteiger partial charge in [0.25, 0.3) is 5.91 Å². The summed E-state index contributed by atoms with van der Waals surface area (Å²) < 4.78 is 6.86. The van der Waals surface area contributed by atoms with Crippen molar-refractivity contribution in [1.82, 2.24) is 5.32 Å². The fourth-order valence-corrected chi connectivity index (χ4v) is 2.39. The number of hydrogen-bond acceptors (Lipinski definition) is 3. The molecule has 2 aromatic rings. The van der Waals surface area contributed by atoms with Gasteiger partial charge in [0.05, 0.1) is 5.56 Å². The van der Waals surface area contributed by atoms with Crippen molar-refractivity contribution in [3.8, 4) is 11.5 Å². The molecule has 2 rings (SSSR count). The number of nitrogens with one attached hydrogen (secondary N) is 1. The van der Waals surface area contributed by atoms with E-state index in [1.54, 1.807) is 18.2 Å². The number of amides is 1. The van der Waals surface area contributed by atoms with Crippen LogP contribution >= 0.6 is 15.9 Å². The van der Waals surface area contributed by atoms with Crippen molar-refractivity contribution < 1.29 is 9.53 Å². The summed E-state index contributed by atoms with van der Waals surface area (Å²) in [4.78, 5) is 12.1. The van der Waals surface area contributed by atoms with E-state index in [2.05, 4.69) is 21.2 Å². The van der Waals surface area contributed by atoms with Crippen LogP contribution in [-0.4, -0.2) is 12.5 Å². The van der Waals surface area contributed by atoms with E-state index in [1.165, 1.54) is 0 Å². The minimum Gasteiger partial charge on any atom is -0.456 e. The zero-order valence-electron chi connectivity index (χ0n) is 11.9. The summed E-state index contributed by atoms with van der Waals surface area (Å²) in [5.74, 6) is 0.961. The van der Waals surface area contributed by atoms with Gasteiger partial charge in [-0.25, -0.2) is 0 Å². The highest BCUT2D eigenvalue weighted by Crippen LogP contribution is 2.31. The number of carbonyl (C=O) groups excluding carboxylic acids is 1. The summed E-state index contributed by atoms with van der Waals surface area (Å²) in [6.07, 6.45) is 0. The Balaban J connectivity index is 2.38. The van der Waals surface area contributed by atoms with E-state index in [4.69, 9.17) is 10.5 Å². The first-order valence-corrected chi connectivity index (χ1v) is 7.42. The van der Waals surface area contributed by atoms with Gasteiger partial charge in [0, 0.05) is 22.8 Å². The van der Waals surface area contributed by atoms with E-state index < -0.39 is 0 Å². The largest absolute Gasteiger partial charge is 0.456 e. The average molecular weight is 349 g/mol. The summed E-state index contributed by atoms with van der Waals surface area (Å²) in [7, 11) is 0. The first kappa shape index (κ1) is 15.4. The maximum absolute atomic E-state index is 12.1. The molecule has 0 saturated heterocycles. The molecule has 0 aliphatic rings. The lowest BCUT2D eigenvalue weighted by atomic mass is 10.1. The fourth-order valence-electron chi connectivity index (χ4n) is 1.91. The molecule has 3 N–H and O–H groups in total. The number of rotatable bonds is 4. The Hall–Kier alpha value is -2.01. The van der Waals surface area contributed by atoms with Crippen molar-refractivity contribution in [2.45, 2.75) is 13.8 Å². The SMILES string of the molecule is CCNC(=O)c1ccc(N)cc1Oc1ccc(Br)cc1C. The Morgan fingerprint density at radius 1 is 1.24 bits per heavy atom.